The second kappa shape index (κ2) is 8.17. The number of hydrogen-bond acceptors (Lipinski definition) is 4. The molecular formula is C16H28N4O. The van der Waals surface area contributed by atoms with E-state index in [4.69, 9.17) is 0 Å². The van der Waals surface area contributed by atoms with Gasteiger partial charge in [-0.3, -0.25) is 4.79 Å². The summed E-state index contributed by atoms with van der Waals surface area (Å²) in [5, 5.41) is 7.75. The van der Waals surface area contributed by atoms with Crippen molar-refractivity contribution in [1.29, 1.82) is 0 Å². The minimum atomic E-state index is 0.00279. The average Bonchev–Trinajstić information content (AvgIpc) is 2.50. The summed E-state index contributed by atoms with van der Waals surface area (Å²) >= 11 is 0. The lowest BCUT2D eigenvalue weighted by molar-refractivity contribution is 0.463. The van der Waals surface area contributed by atoms with Crippen molar-refractivity contribution >= 4 is 5.69 Å². The van der Waals surface area contributed by atoms with E-state index in [1.807, 2.05) is 6.20 Å². The Kier molecular flexibility index (Phi) is 6.23. The number of anilines is 1. The third-order valence-electron chi connectivity index (χ3n) is 4.11. The number of piperidine rings is 1. The fourth-order valence-corrected chi connectivity index (χ4v) is 2.87. The second-order valence-electron chi connectivity index (χ2n) is 5.97. The van der Waals surface area contributed by atoms with Gasteiger partial charge in [-0.2, -0.15) is 5.10 Å². The summed E-state index contributed by atoms with van der Waals surface area (Å²) in [6.45, 7) is 7.87. The molecule has 1 aromatic heterocycles. The van der Waals surface area contributed by atoms with E-state index in [1.165, 1.54) is 25.7 Å². The van der Waals surface area contributed by atoms with E-state index in [9.17, 15) is 4.79 Å². The van der Waals surface area contributed by atoms with Gasteiger partial charge in [-0.1, -0.05) is 13.3 Å². The number of nitrogens with one attached hydrogen (secondary N) is 1. The molecule has 1 atom stereocenters. The Labute approximate surface area is 127 Å². The van der Waals surface area contributed by atoms with E-state index in [0.29, 0.717) is 12.6 Å². The lowest BCUT2D eigenvalue weighted by Gasteiger charge is -2.28. The molecule has 1 aliphatic heterocycles. The largest absolute Gasteiger partial charge is 0.370 e. The van der Waals surface area contributed by atoms with Gasteiger partial charge in [0.15, 0.2) is 0 Å². The van der Waals surface area contributed by atoms with Gasteiger partial charge in [0.25, 0.3) is 5.56 Å². The lowest BCUT2D eigenvalue weighted by Crippen LogP contribution is -2.34. The fourth-order valence-electron chi connectivity index (χ4n) is 2.87. The van der Waals surface area contributed by atoms with Gasteiger partial charge in [-0.05, 0) is 32.6 Å². The Morgan fingerprint density at radius 3 is 2.76 bits per heavy atom. The topological polar surface area (TPSA) is 50.2 Å². The molecule has 2 heterocycles. The summed E-state index contributed by atoms with van der Waals surface area (Å²) in [7, 11) is 0. The summed E-state index contributed by atoms with van der Waals surface area (Å²) in [6, 6.07) is 2.23. The molecule has 5 heteroatoms. The van der Waals surface area contributed by atoms with Gasteiger partial charge in [0, 0.05) is 31.7 Å². The first-order valence-electron chi connectivity index (χ1n) is 8.26. The third-order valence-corrected chi connectivity index (χ3v) is 4.11. The van der Waals surface area contributed by atoms with Gasteiger partial charge < -0.3 is 10.2 Å². The molecule has 1 unspecified atom stereocenters. The molecule has 1 aromatic rings. The van der Waals surface area contributed by atoms with Gasteiger partial charge in [0.05, 0.1) is 18.4 Å². The summed E-state index contributed by atoms with van der Waals surface area (Å²) in [6.07, 6.45) is 7.89. The van der Waals surface area contributed by atoms with Crippen LogP contribution in [-0.4, -0.2) is 35.5 Å². The predicted octanol–water partition coefficient (Wildman–Crippen LogP) is 2.01. The van der Waals surface area contributed by atoms with Crippen molar-refractivity contribution < 1.29 is 0 Å². The van der Waals surface area contributed by atoms with Crippen LogP contribution in [0.2, 0.25) is 0 Å². The van der Waals surface area contributed by atoms with Crippen LogP contribution in [0.4, 0.5) is 5.69 Å². The minimum absolute atomic E-state index is 0.00279. The molecule has 0 saturated carbocycles. The summed E-state index contributed by atoms with van der Waals surface area (Å²) in [5.41, 5.74) is 0.978. The van der Waals surface area contributed by atoms with E-state index < -0.39 is 0 Å². The number of nitrogens with zero attached hydrogens (tertiary/aromatic N) is 3. The number of hydrogen-bond donors (Lipinski definition) is 1. The van der Waals surface area contributed by atoms with Crippen molar-refractivity contribution in [2.45, 2.75) is 58.5 Å². The monoisotopic (exact) mass is 292 g/mol. The highest BCUT2D eigenvalue weighted by atomic mass is 16.1. The first kappa shape index (κ1) is 16.0. The third kappa shape index (κ3) is 4.84. The Morgan fingerprint density at radius 2 is 2.10 bits per heavy atom. The molecule has 1 N–H and O–H groups in total. The van der Waals surface area contributed by atoms with Gasteiger partial charge in [0.1, 0.15) is 0 Å². The lowest BCUT2D eigenvalue weighted by atomic mass is 10.1. The molecule has 0 radical (unpaired) electrons. The molecule has 0 aliphatic carbocycles. The molecule has 0 amide bonds. The quantitative estimate of drug-likeness (QED) is 0.835. The van der Waals surface area contributed by atoms with Crippen molar-refractivity contribution in [3.05, 3.63) is 22.6 Å². The van der Waals surface area contributed by atoms with Crippen molar-refractivity contribution in [3.63, 3.8) is 0 Å². The molecule has 5 nitrogen and oxygen atoms in total. The van der Waals surface area contributed by atoms with Crippen molar-refractivity contribution in [2.24, 2.45) is 0 Å². The first-order chi connectivity index (χ1) is 10.2. The highest BCUT2D eigenvalue weighted by Crippen LogP contribution is 2.16. The van der Waals surface area contributed by atoms with Crippen LogP contribution in [0.3, 0.4) is 0 Å². The molecule has 2 rings (SSSR count). The maximum Gasteiger partial charge on any atom is 0.268 e. The van der Waals surface area contributed by atoms with Gasteiger partial charge >= 0.3 is 0 Å². The highest BCUT2D eigenvalue weighted by Gasteiger charge is 2.12. The summed E-state index contributed by atoms with van der Waals surface area (Å²) < 4.78 is 1.55. The minimum Gasteiger partial charge on any atom is -0.370 e. The predicted molar refractivity (Wildman–Crippen MR) is 86.9 cm³/mol. The van der Waals surface area contributed by atoms with Gasteiger partial charge in [-0.15, -0.1) is 0 Å². The van der Waals surface area contributed by atoms with Crippen LogP contribution in [0.25, 0.3) is 0 Å². The van der Waals surface area contributed by atoms with E-state index in [2.05, 4.69) is 29.2 Å². The Hall–Kier alpha value is -1.36. The summed E-state index contributed by atoms with van der Waals surface area (Å²) in [4.78, 5) is 14.4. The van der Waals surface area contributed by atoms with Crippen LogP contribution >= 0.6 is 0 Å². The van der Waals surface area contributed by atoms with Crippen LogP contribution in [0, 0.1) is 0 Å². The van der Waals surface area contributed by atoms with Crippen molar-refractivity contribution in [2.75, 3.05) is 24.5 Å². The average molecular weight is 292 g/mol. The molecule has 1 aliphatic rings. The Balaban J connectivity index is 1.88. The smallest absolute Gasteiger partial charge is 0.268 e. The fraction of sp³-hybridized carbons (Fsp3) is 0.750. The highest BCUT2D eigenvalue weighted by molar-refractivity contribution is 5.43. The Morgan fingerprint density at radius 1 is 1.33 bits per heavy atom. The maximum absolute atomic E-state index is 12.1. The van der Waals surface area contributed by atoms with Gasteiger partial charge in [0.2, 0.25) is 0 Å². The number of rotatable bonds is 7. The van der Waals surface area contributed by atoms with E-state index >= 15 is 0 Å². The molecule has 1 fully saturated rings. The molecule has 0 bridgehead atoms. The summed E-state index contributed by atoms with van der Waals surface area (Å²) in [5.74, 6) is 0. The zero-order valence-electron chi connectivity index (χ0n) is 13.3. The van der Waals surface area contributed by atoms with Crippen LogP contribution in [0.15, 0.2) is 17.1 Å². The second-order valence-corrected chi connectivity index (χ2v) is 5.97. The van der Waals surface area contributed by atoms with Crippen molar-refractivity contribution in [1.82, 2.24) is 15.1 Å². The zero-order valence-corrected chi connectivity index (χ0v) is 13.3. The molecule has 0 aromatic carbocycles. The standard InChI is InChI=1S/C16H28N4O/c1-3-7-14(2)17-8-11-20-16(21)12-15(13-18-20)19-9-5-4-6-10-19/h12-14,17H,3-11H2,1-2H3. The number of aromatic nitrogens is 2. The van der Waals surface area contributed by atoms with E-state index in [0.717, 1.165) is 31.7 Å². The Bertz CT molecular complexity index is 479. The molecule has 1 saturated heterocycles. The van der Waals surface area contributed by atoms with Gasteiger partial charge in [-0.25, -0.2) is 4.68 Å². The normalized spacial score (nSPS) is 17.0. The molecule has 0 spiro atoms. The van der Waals surface area contributed by atoms with Crippen LogP contribution in [-0.2, 0) is 6.54 Å². The first-order valence-corrected chi connectivity index (χ1v) is 8.26. The maximum atomic E-state index is 12.1. The molecule has 21 heavy (non-hydrogen) atoms. The molecule has 118 valence electrons. The van der Waals surface area contributed by atoms with Crippen LogP contribution in [0.1, 0.15) is 46.0 Å². The van der Waals surface area contributed by atoms with E-state index in [-0.39, 0.29) is 5.56 Å². The van der Waals surface area contributed by atoms with Crippen molar-refractivity contribution in [3.8, 4) is 0 Å². The van der Waals surface area contributed by atoms with E-state index in [1.54, 1.807) is 10.7 Å². The van der Waals surface area contributed by atoms with Crippen LogP contribution < -0.4 is 15.8 Å². The zero-order chi connectivity index (χ0) is 15.1. The molecular weight excluding hydrogens is 264 g/mol. The van der Waals surface area contributed by atoms with Crippen LogP contribution in [0.5, 0.6) is 0 Å². The SMILES string of the molecule is CCCC(C)NCCn1ncc(N2CCCCC2)cc1=O.